The van der Waals surface area contributed by atoms with Crippen molar-refractivity contribution in [3.63, 3.8) is 0 Å². The van der Waals surface area contributed by atoms with Gasteiger partial charge in [-0.25, -0.2) is 8.42 Å². The number of hydrogen-bond donors (Lipinski definition) is 4. The molecule has 0 saturated carbocycles. The van der Waals surface area contributed by atoms with Gasteiger partial charge in [-0.3, -0.25) is 4.79 Å². The van der Waals surface area contributed by atoms with Gasteiger partial charge in [0.2, 0.25) is 15.9 Å². The summed E-state index contributed by atoms with van der Waals surface area (Å²) in [5.74, 6) is -0.378. The Morgan fingerprint density at radius 2 is 1.60 bits per heavy atom. The average Bonchev–Trinajstić information content (AvgIpc) is 2.77. The van der Waals surface area contributed by atoms with Gasteiger partial charge in [0.05, 0.1) is 23.1 Å². The Labute approximate surface area is 209 Å². The zero-order valence-electron chi connectivity index (χ0n) is 21.3. The van der Waals surface area contributed by atoms with Crippen LogP contribution in [0.1, 0.15) is 40.2 Å². The van der Waals surface area contributed by atoms with E-state index in [0.717, 1.165) is 5.56 Å². The molecule has 0 fully saturated rings. The molecule has 0 saturated heterocycles. The molecule has 0 bridgehead atoms. The summed E-state index contributed by atoms with van der Waals surface area (Å²) in [6.45, 7) is 9.42. The quantitative estimate of drug-likeness (QED) is 0.347. The maximum Gasteiger partial charge on any atom is 0.243 e. The molecule has 0 aliphatic heterocycles. The number of aliphatic hydroxyl groups is 1. The summed E-state index contributed by atoms with van der Waals surface area (Å²) in [4.78, 5) is 13.0. The van der Waals surface area contributed by atoms with E-state index in [2.05, 4.69) is 5.32 Å². The van der Waals surface area contributed by atoms with E-state index in [1.807, 2.05) is 65.0 Å². The summed E-state index contributed by atoms with van der Waals surface area (Å²) >= 11 is 0. The molecule has 2 aromatic rings. The first-order chi connectivity index (χ1) is 16.2. The van der Waals surface area contributed by atoms with Gasteiger partial charge in [-0.1, -0.05) is 65.0 Å². The average molecular weight is 505 g/mol. The smallest absolute Gasteiger partial charge is 0.243 e. The van der Waals surface area contributed by atoms with Crippen LogP contribution in [0.4, 0.5) is 5.69 Å². The van der Waals surface area contributed by atoms with Crippen LogP contribution in [-0.2, 0) is 21.2 Å². The van der Waals surface area contributed by atoms with Crippen molar-refractivity contribution in [1.82, 2.24) is 9.62 Å². The number of nitrogen functional groups attached to an aromatic ring is 1. The molecule has 2 rings (SSSR count). The molecule has 8 nitrogen and oxygen atoms in total. The molecular weight excluding hydrogens is 464 g/mol. The van der Waals surface area contributed by atoms with Crippen LogP contribution in [0.3, 0.4) is 0 Å². The number of amides is 1. The standard InChI is InChI=1S/C26H40N4O4S/c1-18(2)16-30(35(33,34)21-13-11-20(27)12-14-21)17-23(31)22(15-19-9-7-6-8-10-19)29-25(32)24(28)26(3,4)5/h6-14,18,22-24,31H,15-17,27-28H2,1-5H3,(H,29,32)/t22-,23+,24+/m0/s1. The fourth-order valence-corrected chi connectivity index (χ4v) is 5.24. The highest BCUT2D eigenvalue weighted by Gasteiger charge is 2.34. The number of carbonyl (C=O) groups excluding carboxylic acids is 1. The van der Waals surface area contributed by atoms with Gasteiger partial charge < -0.3 is 21.9 Å². The first kappa shape index (κ1) is 28.8. The van der Waals surface area contributed by atoms with Crippen molar-refractivity contribution >= 4 is 21.6 Å². The second-order valence-corrected chi connectivity index (χ2v) is 12.4. The Hall–Kier alpha value is -2.46. The number of rotatable bonds is 11. The zero-order valence-corrected chi connectivity index (χ0v) is 22.1. The maximum atomic E-state index is 13.4. The molecule has 2 aromatic carbocycles. The number of nitrogens with two attached hydrogens (primary N) is 2. The van der Waals surface area contributed by atoms with Crippen LogP contribution < -0.4 is 16.8 Å². The molecule has 1 amide bonds. The van der Waals surface area contributed by atoms with Crippen molar-refractivity contribution in [3.8, 4) is 0 Å². The zero-order chi connectivity index (χ0) is 26.4. The topological polar surface area (TPSA) is 139 Å². The van der Waals surface area contributed by atoms with Gasteiger partial charge in [-0.2, -0.15) is 4.31 Å². The van der Waals surface area contributed by atoms with Gasteiger partial charge in [-0.15, -0.1) is 0 Å². The minimum atomic E-state index is -3.90. The first-order valence-electron chi connectivity index (χ1n) is 11.9. The van der Waals surface area contributed by atoms with Crippen LogP contribution >= 0.6 is 0 Å². The van der Waals surface area contributed by atoms with E-state index in [9.17, 15) is 18.3 Å². The fraction of sp³-hybridized carbons (Fsp3) is 0.500. The van der Waals surface area contributed by atoms with Gasteiger partial charge in [0, 0.05) is 18.8 Å². The summed E-state index contributed by atoms with van der Waals surface area (Å²) in [5, 5.41) is 14.1. The Morgan fingerprint density at radius 3 is 2.11 bits per heavy atom. The Bertz CT molecular complexity index is 1050. The number of nitrogens with one attached hydrogen (secondary N) is 1. The van der Waals surface area contributed by atoms with E-state index < -0.39 is 39.5 Å². The highest BCUT2D eigenvalue weighted by Crippen LogP contribution is 2.21. The van der Waals surface area contributed by atoms with Gasteiger partial charge in [-0.05, 0) is 47.6 Å². The lowest BCUT2D eigenvalue weighted by molar-refractivity contribution is -0.126. The number of aliphatic hydroxyl groups excluding tert-OH is 1. The minimum absolute atomic E-state index is 0.0160. The summed E-state index contributed by atoms with van der Waals surface area (Å²) in [5.41, 5.74) is 12.8. The molecule has 0 aromatic heterocycles. The van der Waals surface area contributed by atoms with Crippen molar-refractivity contribution in [3.05, 3.63) is 60.2 Å². The van der Waals surface area contributed by atoms with E-state index in [1.54, 1.807) is 0 Å². The second-order valence-electron chi connectivity index (χ2n) is 10.5. The van der Waals surface area contributed by atoms with Gasteiger partial charge in [0.15, 0.2) is 0 Å². The minimum Gasteiger partial charge on any atom is -0.399 e. The van der Waals surface area contributed by atoms with E-state index in [4.69, 9.17) is 11.5 Å². The highest BCUT2D eigenvalue weighted by atomic mass is 32.2. The summed E-state index contributed by atoms with van der Waals surface area (Å²) in [6, 6.07) is 13.9. The number of carbonyl (C=O) groups is 1. The molecule has 0 spiro atoms. The Balaban J connectivity index is 2.34. The van der Waals surface area contributed by atoms with Crippen molar-refractivity contribution in [2.45, 2.75) is 64.1 Å². The van der Waals surface area contributed by atoms with Gasteiger partial charge in [0.25, 0.3) is 0 Å². The van der Waals surface area contributed by atoms with Crippen molar-refractivity contribution in [2.24, 2.45) is 17.1 Å². The molecule has 0 aliphatic rings. The van der Waals surface area contributed by atoms with Crippen molar-refractivity contribution in [1.29, 1.82) is 0 Å². The number of benzene rings is 2. The summed E-state index contributed by atoms with van der Waals surface area (Å²) < 4.78 is 28.1. The van der Waals surface area contributed by atoms with Gasteiger partial charge in [0.1, 0.15) is 0 Å². The molecule has 0 heterocycles. The van der Waals surface area contributed by atoms with Gasteiger partial charge >= 0.3 is 0 Å². The van der Waals surface area contributed by atoms with E-state index in [0.29, 0.717) is 12.1 Å². The molecular formula is C26H40N4O4S. The van der Waals surface area contributed by atoms with Crippen LogP contribution in [0.5, 0.6) is 0 Å². The Morgan fingerprint density at radius 1 is 1.03 bits per heavy atom. The summed E-state index contributed by atoms with van der Waals surface area (Å²) in [6.07, 6.45) is -0.851. The maximum absolute atomic E-state index is 13.4. The highest BCUT2D eigenvalue weighted by molar-refractivity contribution is 7.89. The van der Waals surface area contributed by atoms with Crippen LogP contribution in [-0.4, -0.2) is 55.0 Å². The first-order valence-corrected chi connectivity index (χ1v) is 13.3. The number of anilines is 1. The van der Waals surface area contributed by atoms with Crippen molar-refractivity contribution in [2.75, 3.05) is 18.8 Å². The molecule has 0 radical (unpaired) electrons. The lowest BCUT2D eigenvalue weighted by Gasteiger charge is -2.33. The van der Waals surface area contributed by atoms with E-state index in [-0.39, 0.29) is 23.9 Å². The molecule has 35 heavy (non-hydrogen) atoms. The normalized spacial score (nSPS) is 15.1. The van der Waals surface area contributed by atoms with Crippen LogP contribution in [0, 0.1) is 11.3 Å². The van der Waals surface area contributed by atoms with E-state index >= 15 is 0 Å². The number of hydrogen-bond acceptors (Lipinski definition) is 6. The predicted octanol–water partition coefficient (Wildman–Crippen LogP) is 2.38. The molecule has 6 N–H and O–H groups in total. The molecule has 9 heteroatoms. The predicted molar refractivity (Wildman–Crippen MR) is 140 cm³/mol. The second kappa shape index (κ2) is 12.0. The fourth-order valence-electron chi connectivity index (χ4n) is 3.62. The van der Waals surface area contributed by atoms with Crippen LogP contribution in [0.15, 0.2) is 59.5 Å². The third kappa shape index (κ3) is 8.31. The van der Waals surface area contributed by atoms with Crippen LogP contribution in [0.25, 0.3) is 0 Å². The molecule has 0 aliphatic carbocycles. The molecule has 3 atom stereocenters. The monoisotopic (exact) mass is 504 g/mol. The largest absolute Gasteiger partial charge is 0.399 e. The third-order valence-corrected chi connectivity index (χ3v) is 7.63. The molecule has 0 unspecified atom stereocenters. The van der Waals surface area contributed by atoms with E-state index in [1.165, 1.54) is 28.6 Å². The lowest BCUT2D eigenvalue weighted by Crippen LogP contribution is -2.56. The van der Waals surface area contributed by atoms with Crippen LogP contribution in [0.2, 0.25) is 0 Å². The third-order valence-electron chi connectivity index (χ3n) is 5.78. The SMILES string of the molecule is CC(C)CN(C[C@@H](O)[C@H](Cc1ccccc1)NC(=O)[C@@H](N)C(C)(C)C)S(=O)(=O)c1ccc(N)cc1. The number of nitrogens with zero attached hydrogens (tertiary/aromatic N) is 1. The number of sulfonamides is 1. The molecule has 194 valence electrons. The summed E-state index contributed by atoms with van der Waals surface area (Å²) in [7, 11) is -3.90. The lowest BCUT2D eigenvalue weighted by atomic mass is 9.86. The van der Waals surface area contributed by atoms with Crippen molar-refractivity contribution < 1.29 is 18.3 Å². The Kier molecular flexibility index (Phi) is 9.85.